The van der Waals surface area contributed by atoms with Crippen LogP contribution in [0.4, 0.5) is 13.2 Å². The third kappa shape index (κ3) is 3.73. The zero-order valence-electron chi connectivity index (χ0n) is 15.6. The van der Waals surface area contributed by atoms with Gasteiger partial charge < -0.3 is 10.0 Å². The van der Waals surface area contributed by atoms with Crippen molar-refractivity contribution in [3.8, 4) is 0 Å². The van der Waals surface area contributed by atoms with Crippen molar-refractivity contribution < 1.29 is 23.1 Å². The molecule has 1 amide bonds. The maximum Gasteiger partial charge on any atom is 0.416 e. The van der Waals surface area contributed by atoms with Crippen LogP contribution in [0.15, 0.2) is 24.3 Å². The molecular weight excluding hydrogens is 355 g/mol. The third-order valence-corrected chi connectivity index (χ3v) is 6.80. The van der Waals surface area contributed by atoms with Crippen molar-refractivity contribution in [2.75, 3.05) is 7.05 Å². The Balaban J connectivity index is 1.40. The Bertz CT molecular complexity index is 714. The van der Waals surface area contributed by atoms with Gasteiger partial charge in [0.2, 0.25) is 5.91 Å². The summed E-state index contributed by atoms with van der Waals surface area (Å²) in [5.41, 5.74) is -0.675. The average Bonchev–Trinajstić information content (AvgIpc) is 2.51. The Morgan fingerprint density at radius 2 is 1.74 bits per heavy atom. The van der Waals surface area contributed by atoms with Crippen LogP contribution >= 0.6 is 0 Å². The minimum absolute atomic E-state index is 0.0143. The molecule has 4 fully saturated rings. The van der Waals surface area contributed by atoms with Crippen molar-refractivity contribution in [3.63, 3.8) is 0 Å². The highest BCUT2D eigenvalue weighted by atomic mass is 19.4. The molecule has 0 heterocycles. The van der Waals surface area contributed by atoms with Crippen LogP contribution in [0, 0.1) is 17.3 Å². The summed E-state index contributed by atoms with van der Waals surface area (Å²) in [6, 6.07) is 4.98. The van der Waals surface area contributed by atoms with Crippen LogP contribution < -0.4 is 0 Å². The van der Waals surface area contributed by atoms with Crippen LogP contribution in [0.5, 0.6) is 0 Å². The van der Waals surface area contributed by atoms with Crippen molar-refractivity contribution in [2.24, 2.45) is 17.3 Å². The molecule has 0 aromatic heterocycles. The lowest BCUT2D eigenvalue weighted by molar-refractivity contribution is -0.171. The number of halogens is 3. The van der Waals surface area contributed by atoms with Crippen LogP contribution in [0.2, 0.25) is 0 Å². The van der Waals surface area contributed by atoms with E-state index in [1.807, 2.05) is 0 Å². The van der Waals surface area contributed by atoms with Crippen molar-refractivity contribution in [3.05, 3.63) is 35.4 Å². The summed E-state index contributed by atoms with van der Waals surface area (Å²) >= 11 is 0. The Morgan fingerprint density at radius 1 is 1.15 bits per heavy atom. The minimum Gasteiger partial charge on any atom is -0.390 e. The molecule has 0 unspecified atom stereocenters. The molecule has 4 aliphatic carbocycles. The van der Waals surface area contributed by atoms with Gasteiger partial charge in [-0.05, 0) is 73.5 Å². The summed E-state index contributed by atoms with van der Waals surface area (Å²) in [6.45, 7) is 0.296. The van der Waals surface area contributed by atoms with Gasteiger partial charge in [-0.2, -0.15) is 13.2 Å². The smallest absolute Gasteiger partial charge is 0.390 e. The SMILES string of the molecule is CN(Cc1ccc(C(F)(F)F)cc1)C(=O)CC12C[C@H]3C[C@@H](CC(O)(C3)C1)C2. The van der Waals surface area contributed by atoms with E-state index in [-0.39, 0.29) is 11.3 Å². The van der Waals surface area contributed by atoms with E-state index in [9.17, 15) is 23.1 Å². The third-order valence-electron chi connectivity index (χ3n) is 6.80. The van der Waals surface area contributed by atoms with Gasteiger partial charge in [0, 0.05) is 20.0 Å². The lowest BCUT2D eigenvalue weighted by Gasteiger charge is -2.60. The molecule has 1 aromatic rings. The summed E-state index contributed by atoms with van der Waals surface area (Å²) in [6.07, 6.45) is 1.77. The molecule has 0 radical (unpaired) electrons. The molecule has 27 heavy (non-hydrogen) atoms. The number of aliphatic hydroxyl groups is 1. The molecule has 2 atom stereocenters. The number of carbonyl (C=O) groups is 1. The van der Waals surface area contributed by atoms with Gasteiger partial charge in [0.15, 0.2) is 0 Å². The number of benzene rings is 1. The summed E-state index contributed by atoms with van der Waals surface area (Å²) in [4.78, 5) is 14.4. The number of carbonyl (C=O) groups excluding carboxylic acids is 1. The monoisotopic (exact) mass is 381 g/mol. The molecular formula is C21H26F3NO2. The molecule has 1 N–H and O–H groups in total. The second kappa shape index (κ2) is 6.23. The summed E-state index contributed by atoms with van der Waals surface area (Å²) < 4.78 is 38.0. The van der Waals surface area contributed by atoms with Gasteiger partial charge in [-0.15, -0.1) is 0 Å². The molecule has 0 aliphatic heterocycles. The summed E-state index contributed by atoms with van der Waals surface area (Å²) in [5.74, 6) is 1.08. The predicted octanol–water partition coefficient (Wildman–Crippen LogP) is 4.39. The Labute approximate surface area is 157 Å². The zero-order valence-corrected chi connectivity index (χ0v) is 15.6. The van der Waals surface area contributed by atoms with Crippen LogP contribution in [0.1, 0.15) is 56.1 Å². The molecule has 1 aromatic carbocycles. The summed E-state index contributed by atoms with van der Waals surface area (Å²) in [5, 5.41) is 10.8. The fraction of sp³-hybridized carbons (Fsp3) is 0.667. The highest BCUT2D eigenvalue weighted by molar-refractivity contribution is 5.76. The van der Waals surface area contributed by atoms with Crippen molar-refractivity contribution in [2.45, 2.75) is 63.3 Å². The fourth-order valence-corrected chi connectivity index (χ4v) is 6.23. The normalized spacial score (nSPS) is 34.7. The molecule has 6 heteroatoms. The first-order valence-corrected chi connectivity index (χ1v) is 9.68. The Hall–Kier alpha value is -1.56. The van der Waals surface area contributed by atoms with Gasteiger partial charge in [-0.1, -0.05) is 12.1 Å². The molecule has 148 valence electrons. The highest BCUT2D eigenvalue weighted by Gasteiger charge is 2.57. The van der Waals surface area contributed by atoms with E-state index in [1.165, 1.54) is 18.6 Å². The van der Waals surface area contributed by atoms with E-state index >= 15 is 0 Å². The van der Waals surface area contributed by atoms with Gasteiger partial charge in [0.1, 0.15) is 0 Å². The van der Waals surface area contributed by atoms with Gasteiger partial charge >= 0.3 is 6.18 Å². The van der Waals surface area contributed by atoms with Gasteiger partial charge in [0.25, 0.3) is 0 Å². The van der Waals surface area contributed by atoms with Gasteiger partial charge in [-0.25, -0.2) is 0 Å². The maximum absolute atomic E-state index is 12.8. The standard InChI is InChI=1S/C21H26F3NO2/c1-25(12-14-2-4-17(5-3-14)21(22,23)24)18(26)11-19-7-15-6-16(8-19)10-20(27,9-15)13-19/h2-5,15-16,27H,6-13H2,1H3/t15-,16-,19?,20?/m1/s1. The highest BCUT2D eigenvalue weighted by Crippen LogP contribution is 2.62. The molecule has 0 spiro atoms. The predicted molar refractivity (Wildman–Crippen MR) is 94.6 cm³/mol. The van der Waals surface area contributed by atoms with E-state index < -0.39 is 17.3 Å². The average molecular weight is 381 g/mol. The fourth-order valence-electron chi connectivity index (χ4n) is 6.23. The van der Waals surface area contributed by atoms with E-state index in [4.69, 9.17) is 0 Å². The number of hydrogen-bond acceptors (Lipinski definition) is 2. The quantitative estimate of drug-likeness (QED) is 0.841. The van der Waals surface area contributed by atoms with Crippen LogP contribution in [0.25, 0.3) is 0 Å². The molecule has 0 saturated heterocycles. The number of rotatable bonds is 4. The number of nitrogens with zero attached hydrogens (tertiary/aromatic N) is 1. The van der Waals surface area contributed by atoms with Crippen LogP contribution in [-0.4, -0.2) is 28.6 Å². The zero-order chi connectivity index (χ0) is 19.4. The van der Waals surface area contributed by atoms with E-state index in [0.29, 0.717) is 36.8 Å². The van der Waals surface area contributed by atoms with Gasteiger partial charge in [0.05, 0.1) is 11.2 Å². The lowest BCUT2D eigenvalue weighted by Crippen LogP contribution is -2.56. The van der Waals surface area contributed by atoms with Crippen molar-refractivity contribution in [1.29, 1.82) is 0 Å². The van der Waals surface area contributed by atoms with Gasteiger partial charge in [-0.3, -0.25) is 4.79 Å². The second-order valence-corrected chi connectivity index (χ2v) is 9.31. The summed E-state index contributed by atoms with van der Waals surface area (Å²) in [7, 11) is 1.70. The van der Waals surface area contributed by atoms with Crippen molar-refractivity contribution >= 4 is 5.91 Å². The first-order chi connectivity index (χ1) is 12.6. The largest absolute Gasteiger partial charge is 0.416 e. The molecule has 4 bridgehead atoms. The number of amides is 1. The maximum atomic E-state index is 12.8. The topological polar surface area (TPSA) is 40.5 Å². The molecule has 4 saturated carbocycles. The Kier molecular flexibility index (Phi) is 4.33. The molecule has 5 rings (SSSR count). The Morgan fingerprint density at radius 3 is 2.26 bits per heavy atom. The van der Waals surface area contributed by atoms with E-state index in [1.54, 1.807) is 11.9 Å². The number of hydrogen-bond donors (Lipinski definition) is 1. The van der Waals surface area contributed by atoms with Crippen LogP contribution in [0.3, 0.4) is 0 Å². The van der Waals surface area contributed by atoms with E-state index in [0.717, 1.165) is 37.8 Å². The first-order valence-electron chi connectivity index (χ1n) is 9.68. The lowest BCUT2D eigenvalue weighted by atomic mass is 9.47. The molecule has 4 aliphatic rings. The second-order valence-electron chi connectivity index (χ2n) is 9.31. The van der Waals surface area contributed by atoms with E-state index in [2.05, 4.69) is 0 Å². The molecule has 3 nitrogen and oxygen atoms in total. The first kappa shape index (κ1) is 18.8. The van der Waals surface area contributed by atoms with Crippen molar-refractivity contribution in [1.82, 2.24) is 4.90 Å². The number of alkyl halides is 3. The minimum atomic E-state index is -4.35. The van der Waals surface area contributed by atoms with Crippen LogP contribution in [-0.2, 0) is 17.5 Å².